The Kier molecular flexibility index (Phi) is 3.02. The number of rotatable bonds is 2. The van der Waals surface area contributed by atoms with Crippen LogP contribution in [0.3, 0.4) is 0 Å². The average Bonchev–Trinajstić information content (AvgIpc) is 2.04. The molecule has 4 N–H and O–H groups in total. The number of primary sulfonamides is 1. The second-order valence-electron chi connectivity index (χ2n) is 2.52. The van der Waals surface area contributed by atoms with Gasteiger partial charge in [-0.25, -0.2) is 13.6 Å². The van der Waals surface area contributed by atoms with E-state index in [2.05, 4.69) is 4.99 Å². The Bertz CT molecular complexity index is 344. The van der Waals surface area contributed by atoms with Crippen molar-refractivity contribution < 1.29 is 13.2 Å². The molecule has 0 saturated heterocycles. The minimum absolute atomic E-state index is 0.274. The highest BCUT2D eigenvalue weighted by Crippen LogP contribution is 1.98. The molecular weight excluding hydrogens is 194 g/mol. The zero-order valence-corrected chi connectivity index (χ0v) is 7.75. The summed E-state index contributed by atoms with van der Waals surface area (Å²) in [4.78, 5) is 4.00. The summed E-state index contributed by atoms with van der Waals surface area (Å²) in [5.74, 6) is 0. The van der Waals surface area contributed by atoms with Gasteiger partial charge in [0.15, 0.2) is 0 Å². The van der Waals surface area contributed by atoms with E-state index in [4.69, 9.17) is 15.6 Å². The number of sulfonamides is 1. The second-order valence-corrected chi connectivity index (χ2v) is 4.08. The molecule has 0 aliphatic carbocycles. The Morgan fingerprint density at radius 3 is 2.77 bits per heavy atom. The fraction of sp³-hybridized carbons (Fsp3) is 0.500. The molecule has 0 aromatic rings. The summed E-state index contributed by atoms with van der Waals surface area (Å²) < 4.78 is 26.4. The minimum Gasteiger partial charge on any atom is -0.388 e. The molecule has 0 aromatic carbocycles. The van der Waals surface area contributed by atoms with Crippen LogP contribution in [-0.4, -0.2) is 33.9 Å². The zero-order valence-electron chi connectivity index (χ0n) is 6.93. The number of nitrogens with zero attached hydrogens (tertiary/aromatic N) is 1. The SMILES string of the molecule is NC(=CC1=NCCOC1)S(N)(=O)=O. The van der Waals surface area contributed by atoms with Gasteiger partial charge in [-0.15, -0.1) is 0 Å². The van der Waals surface area contributed by atoms with Crippen LogP contribution in [0.25, 0.3) is 0 Å². The third-order valence-corrected chi connectivity index (χ3v) is 2.21. The first-order valence-corrected chi connectivity index (χ1v) is 5.16. The van der Waals surface area contributed by atoms with Gasteiger partial charge in [0.05, 0.1) is 25.5 Å². The fourth-order valence-corrected chi connectivity index (χ4v) is 1.11. The van der Waals surface area contributed by atoms with Crippen molar-refractivity contribution in [2.75, 3.05) is 19.8 Å². The summed E-state index contributed by atoms with van der Waals surface area (Å²) in [5.41, 5.74) is 5.69. The highest BCUT2D eigenvalue weighted by Gasteiger charge is 2.09. The first-order chi connectivity index (χ1) is 6.00. The third-order valence-electron chi connectivity index (χ3n) is 1.44. The van der Waals surface area contributed by atoms with E-state index in [0.29, 0.717) is 18.9 Å². The molecule has 74 valence electrons. The van der Waals surface area contributed by atoms with Gasteiger partial charge < -0.3 is 10.5 Å². The molecule has 0 atom stereocenters. The van der Waals surface area contributed by atoms with Crippen LogP contribution in [-0.2, 0) is 14.8 Å². The smallest absolute Gasteiger partial charge is 0.253 e. The lowest BCUT2D eigenvalue weighted by Gasteiger charge is -2.09. The Morgan fingerprint density at radius 2 is 2.31 bits per heavy atom. The molecule has 0 saturated carbocycles. The number of hydrogen-bond acceptors (Lipinski definition) is 5. The number of nitrogens with two attached hydrogens (primary N) is 2. The van der Waals surface area contributed by atoms with Crippen molar-refractivity contribution in [3.8, 4) is 0 Å². The fourth-order valence-electron chi connectivity index (χ4n) is 0.810. The van der Waals surface area contributed by atoms with Crippen LogP contribution in [0.5, 0.6) is 0 Å². The van der Waals surface area contributed by atoms with Gasteiger partial charge in [-0.1, -0.05) is 0 Å². The van der Waals surface area contributed by atoms with Crippen molar-refractivity contribution in [1.29, 1.82) is 0 Å². The molecule has 0 amide bonds. The second kappa shape index (κ2) is 3.86. The maximum Gasteiger partial charge on any atom is 0.253 e. The van der Waals surface area contributed by atoms with Gasteiger partial charge in [0, 0.05) is 0 Å². The predicted molar refractivity (Wildman–Crippen MR) is 48.5 cm³/mol. The molecule has 1 rings (SSSR count). The lowest BCUT2D eigenvalue weighted by Crippen LogP contribution is -2.24. The van der Waals surface area contributed by atoms with E-state index >= 15 is 0 Å². The zero-order chi connectivity index (χ0) is 9.90. The summed E-state index contributed by atoms with van der Waals surface area (Å²) in [6, 6.07) is 0. The normalized spacial score (nSPS) is 19.8. The summed E-state index contributed by atoms with van der Waals surface area (Å²) in [6.45, 7) is 1.34. The molecule has 0 radical (unpaired) electrons. The molecule has 0 aromatic heterocycles. The Labute approximate surface area is 76.3 Å². The van der Waals surface area contributed by atoms with Crippen LogP contribution >= 0.6 is 0 Å². The topological polar surface area (TPSA) is 108 Å². The van der Waals surface area contributed by atoms with Crippen molar-refractivity contribution >= 4 is 15.7 Å². The summed E-state index contributed by atoms with van der Waals surface area (Å²) in [6.07, 6.45) is 1.22. The van der Waals surface area contributed by atoms with Crippen molar-refractivity contribution in [2.24, 2.45) is 15.9 Å². The van der Waals surface area contributed by atoms with E-state index in [1.807, 2.05) is 0 Å². The standard InChI is InChI=1S/C6H11N3O3S/c7-6(13(8,10)11)3-5-4-12-2-1-9-5/h3H,1-2,4,7H2,(H2,8,10,11). The highest BCUT2D eigenvalue weighted by atomic mass is 32.2. The molecule has 0 bridgehead atoms. The number of aliphatic imine (C=N–C) groups is 1. The Balaban J connectivity index is 2.81. The maximum atomic E-state index is 10.7. The van der Waals surface area contributed by atoms with Gasteiger partial charge in [-0.2, -0.15) is 0 Å². The monoisotopic (exact) mass is 205 g/mol. The van der Waals surface area contributed by atoms with Crippen molar-refractivity contribution in [3.05, 3.63) is 11.1 Å². The molecule has 1 aliphatic heterocycles. The average molecular weight is 205 g/mol. The van der Waals surface area contributed by atoms with Gasteiger partial charge in [0.1, 0.15) is 5.03 Å². The number of ether oxygens (including phenoxy) is 1. The van der Waals surface area contributed by atoms with E-state index in [9.17, 15) is 8.42 Å². The maximum absolute atomic E-state index is 10.7. The van der Waals surface area contributed by atoms with E-state index in [1.54, 1.807) is 0 Å². The molecule has 13 heavy (non-hydrogen) atoms. The lowest BCUT2D eigenvalue weighted by molar-refractivity contribution is 0.171. The van der Waals surface area contributed by atoms with Crippen LogP contribution in [0.4, 0.5) is 0 Å². The van der Waals surface area contributed by atoms with Gasteiger partial charge >= 0.3 is 0 Å². The molecule has 1 heterocycles. The summed E-state index contributed by atoms with van der Waals surface area (Å²) in [7, 11) is -3.80. The molecule has 7 heteroatoms. The lowest BCUT2D eigenvalue weighted by atomic mass is 10.3. The molecule has 0 spiro atoms. The minimum atomic E-state index is -3.80. The van der Waals surface area contributed by atoms with Crippen LogP contribution < -0.4 is 10.9 Å². The Morgan fingerprint density at radius 1 is 1.62 bits per heavy atom. The van der Waals surface area contributed by atoms with Crippen molar-refractivity contribution in [2.45, 2.75) is 0 Å². The summed E-state index contributed by atoms with van der Waals surface area (Å²) >= 11 is 0. The first kappa shape index (κ1) is 10.2. The van der Waals surface area contributed by atoms with E-state index in [-0.39, 0.29) is 6.61 Å². The number of hydrogen-bond donors (Lipinski definition) is 2. The van der Waals surface area contributed by atoms with Crippen LogP contribution in [0, 0.1) is 0 Å². The van der Waals surface area contributed by atoms with E-state index in [0.717, 1.165) is 0 Å². The largest absolute Gasteiger partial charge is 0.388 e. The van der Waals surface area contributed by atoms with Gasteiger partial charge in [-0.05, 0) is 6.08 Å². The van der Waals surface area contributed by atoms with Crippen LogP contribution in [0.15, 0.2) is 16.1 Å². The summed E-state index contributed by atoms with van der Waals surface area (Å²) in [5, 5.41) is 4.39. The molecule has 0 fully saturated rings. The first-order valence-electron chi connectivity index (χ1n) is 3.61. The molecule has 1 aliphatic rings. The quantitative estimate of drug-likeness (QED) is 0.574. The molecular formula is C6H11N3O3S. The van der Waals surface area contributed by atoms with E-state index < -0.39 is 15.1 Å². The Hall–Kier alpha value is -0.920. The molecule has 0 unspecified atom stereocenters. The predicted octanol–water partition coefficient (Wildman–Crippen LogP) is -1.45. The van der Waals surface area contributed by atoms with Gasteiger partial charge in [0.2, 0.25) is 0 Å². The van der Waals surface area contributed by atoms with Crippen molar-refractivity contribution in [3.63, 3.8) is 0 Å². The molecule has 6 nitrogen and oxygen atoms in total. The highest BCUT2D eigenvalue weighted by molar-refractivity contribution is 7.93. The van der Waals surface area contributed by atoms with Crippen LogP contribution in [0.1, 0.15) is 0 Å². The third kappa shape index (κ3) is 3.13. The van der Waals surface area contributed by atoms with Crippen molar-refractivity contribution in [1.82, 2.24) is 0 Å². The van der Waals surface area contributed by atoms with Gasteiger partial charge in [0.25, 0.3) is 10.0 Å². The van der Waals surface area contributed by atoms with Gasteiger partial charge in [-0.3, -0.25) is 4.99 Å². The van der Waals surface area contributed by atoms with E-state index in [1.165, 1.54) is 6.08 Å². The van der Waals surface area contributed by atoms with Crippen LogP contribution in [0.2, 0.25) is 0 Å².